The maximum absolute atomic E-state index is 12.1. The molecular weight excluding hydrogens is 280 g/mol. The molecule has 2 aromatic heterocycles. The number of hydrogen-bond acceptors (Lipinski definition) is 5. The van der Waals surface area contributed by atoms with Crippen molar-refractivity contribution in [3.8, 4) is 22.9 Å². The van der Waals surface area contributed by atoms with Crippen LogP contribution in [0.1, 0.15) is 0 Å². The summed E-state index contributed by atoms with van der Waals surface area (Å²) in [7, 11) is 0. The number of hydrogen-bond donors (Lipinski definition) is 0. The maximum atomic E-state index is 12.1. The lowest BCUT2D eigenvalue weighted by molar-refractivity contribution is 0.547. The van der Waals surface area contributed by atoms with Crippen molar-refractivity contribution >= 4 is 11.0 Å². The number of aromatic nitrogens is 2. The molecule has 0 saturated heterocycles. The predicted octanol–water partition coefficient (Wildman–Crippen LogP) is 3.51. The first-order valence-electron chi connectivity index (χ1n) is 6.73. The molecule has 0 atom stereocenters. The van der Waals surface area contributed by atoms with Crippen LogP contribution in [0.5, 0.6) is 0 Å². The lowest BCUT2D eigenvalue weighted by Crippen LogP contribution is -2.02. The molecule has 0 saturated carbocycles. The van der Waals surface area contributed by atoms with Gasteiger partial charge >= 0.3 is 5.63 Å². The molecule has 22 heavy (non-hydrogen) atoms. The summed E-state index contributed by atoms with van der Waals surface area (Å²) in [6.45, 7) is 0. The third-order valence-electron chi connectivity index (χ3n) is 3.32. The summed E-state index contributed by atoms with van der Waals surface area (Å²) in [5, 5.41) is 8.74. The highest BCUT2D eigenvalue weighted by atomic mass is 16.4. The van der Waals surface area contributed by atoms with Gasteiger partial charge in [-0.05, 0) is 24.3 Å². The first kappa shape index (κ1) is 12.5. The van der Waals surface area contributed by atoms with E-state index in [0.29, 0.717) is 11.5 Å². The summed E-state index contributed by atoms with van der Waals surface area (Å²) in [6.07, 6.45) is 0. The zero-order valence-corrected chi connectivity index (χ0v) is 11.4. The molecule has 0 amide bonds. The van der Waals surface area contributed by atoms with Gasteiger partial charge in [-0.3, -0.25) is 0 Å². The second-order valence-corrected chi connectivity index (χ2v) is 4.76. The third-order valence-corrected chi connectivity index (χ3v) is 3.32. The number of para-hydroxylation sites is 1. The van der Waals surface area contributed by atoms with Crippen molar-refractivity contribution in [3.63, 3.8) is 0 Å². The van der Waals surface area contributed by atoms with Crippen LogP contribution in [0, 0.1) is 0 Å². The minimum absolute atomic E-state index is 0.151. The van der Waals surface area contributed by atoms with E-state index >= 15 is 0 Å². The largest absolute Gasteiger partial charge is 0.422 e. The molecule has 5 heteroatoms. The topological polar surface area (TPSA) is 69.1 Å². The van der Waals surface area contributed by atoms with E-state index in [1.165, 1.54) is 0 Å². The van der Waals surface area contributed by atoms with E-state index in [1.807, 2.05) is 48.5 Å². The molecule has 0 N–H and O–H groups in total. The van der Waals surface area contributed by atoms with E-state index in [1.54, 1.807) is 12.1 Å². The Bertz CT molecular complexity index is 1000. The van der Waals surface area contributed by atoms with Crippen molar-refractivity contribution in [1.29, 1.82) is 0 Å². The summed E-state index contributed by atoms with van der Waals surface area (Å²) < 4.78 is 10.9. The average molecular weight is 290 g/mol. The Labute approximate surface area is 124 Å². The zero-order valence-electron chi connectivity index (χ0n) is 11.4. The normalized spacial score (nSPS) is 10.9. The SMILES string of the molecule is O=c1oc2ccccc2cc1-c1nnc(-c2ccccc2)o1. The first-order valence-corrected chi connectivity index (χ1v) is 6.73. The summed E-state index contributed by atoms with van der Waals surface area (Å²) in [6, 6.07) is 18.4. The average Bonchev–Trinajstić information content (AvgIpc) is 3.05. The quantitative estimate of drug-likeness (QED) is 0.528. The van der Waals surface area contributed by atoms with Crippen LogP contribution < -0.4 is 5.63 Å². The Kier molecular flexibility index (Phi) is 2.83. The standard InChI is InChI=1S/C17H10N2O3/c20-17-13(10-12-8-4-5-9-14(12)21-17)16-19-18-15(22-16)11-6-2-1-3-7-11/h1-10H. The molecule has 0 aliphatic heterocycles. The van der Waals surface area contributed by atoms with Gasteiger partial charge in [-0.1, -0.05) is 36.4 Å². The second kappa shape index (κ2) is 4.96. The van der Waals surface area contributed by atoms with Gasteiger partial charge in [0.25, 0.3) is 5.89 Å². The zero-order chi connectivity index (χ0) is 14.9. The summed E-state index contributed by atoms with van der Waals surface area (Å²) in [5.41, 5.74) is 1.08. The van der Waals surface area contributed by atoms with Crippen molar-refractivity contribution in [2.45, 2.75) is 0 Å². The van der Waals surface area contributed by atoms with Gasteiger partial charge in [-0.25, -0.2) is 4.79 Å². The van der Waals surface area contributed by atoms with E-state index in [-0.39, 0.29) is 11.5 Å². The van der Waals surface area contributed by atoms with Gasteiger partial charge in [0.1, 0.15) is 11.1 Å². The van der Waals surface area contributed by atoms with Crippen molar-refractivity contribution in [2.24, 2.45) is 0 Å². The maximum Gasteiger partial charge on any atom is 0.349 e. The van der Waals surface area contributed by atoms with Crippen LogP contribution in [0.4, 0.5) is 0 Å². The number of nitrogens with zero attached hydrogens (tertiary/aromatic N) is 2. The van der Waals surface area contributed by atoms with Gasteiger partial charge in [0.15, 0.2) is 0 Å². The fourth-order valence-electron chi connectivity index (χ4n) is 2.24. The highest BCUT2D eigenvalue weighted by Crippen LogP contribution is 2.23. The summed E-state index contributed by atoms with van der Waals surface area (Å²) in [5.74, 6) is 0.515. The molecule has 0 spiro atoms. The van der Waals surface area contributed by atoms with Crippen LogP contribution >= 0.6 is 0 Å². The van der Waals surface area contributed by atoms with E-state index < -0.39 is 5.63 Å². The van der Waals surface area contributed by atoms with Crippen LogP contribution in [0.15, 0.2) is 74.3 Å². The van der Waals surface area contributed by atoms with Crippen molar-refractivity contribution in [1.82, 2.24) is 10.2 Å². The fraction of sp³-hybridized carbons (Fsp3) is 0. The Morgan fingerprint density at radius 1 is 0.773 bits per heavy atom. The van der Waals surface area contributed by atoms with Gasteiger partial charge in [-0.15, -0.1) is 10.2 Å². The van der Waals surface area contributed by atoms with Crippen molar-refractivity contribution < 1.29 is 8.83 Å². The molecule has 5 nitrogen and oxygen atoms in total. The van der Waals surface area contributed by atoms with Crippen LogP contribution in [-0.4, -0.2) is 10.2 Å². The molecule has 0 unspecified atom stereocenters. The highest BCUT2D eigenvalue weighted by molar-refractivity contribution is 5.80. The summed E-state index contributed by atoms with van der Waals surface area (Å²) >= 11 is 0. The van der Waals surface area contributed by atoms with Crippen LogP contribution in [-0.2, 0) is 0 Å². The molecule has 0 radical (unpaired) electrons. The summed E-state index contributed by atoms with van der Waals surface area (Å²) in [4.78, 5) is 12.1. The van der Waals surface area contributed by atoms with Crippen LogP contribution in [0.25, 0.3) is 33.9 Å². The molecule has 0 fully saturated rings. The number of fused-ring (bicyclic) bond motifs is 1. The lowest BCUT2D eigenvalue weighted by Gasteiger charge is -1.98. The number of benzene rings is 2. The highest BCUT2D eigenvalue weighted by Gasteiger charge is 2.15. The molecule has 106 valence electrons. The minimum atomic E-state index is -0.498. The lowest BCUT2D eigenvalue weighted by atomic mass is 10.2. The van der Waals surface area contributed by atoms with Crippen LogP contribution in [0.3, 0.4) is 0 Å². The van der Waals surface area contributed by atoms with E-state index in [2.05, 4.69) is 10.2 Å². The molecule has 0 aliphatic rings. The van der Waals surface area contributed by atoms with Crippen LogP contribution in [0.2, 0.25) is 0 Å². The third kappa shape index (κ3) is 2.09. The molecule has 2 aromatic carbocycles. The van der Waals surface area contributed by atoms with Gasteiger partial charge in [-0.2, -0.15) is 0 Å². The fourth-order valence-corrected chi connectivity index (χ4v) is 2.24. The number of rotatable bonds is 2. The van der Waals surface area contributed by atoms with Gasteiger partial charge < -0.3 is 8.83 Å². The van der Waals surface area contributed by atoms with E-state index in [9.17, 15) is 4.79 Å². The molecule has 4 aromatic rings. The Hall–Kier alpha value is -3.21. The Morgan fingerprint density at radius 2 is 1.50 bits per heavy atom. The molecular formula is C17H10N2O3. The van der Waals surface area contributed by atoms with E-state index in [4.69, 9.17) is 8.83 Å². The van der Waals surface area contributed by atoms with Gasteiger partial charge in [0.05, 0.1) is 0 Å². The molecule has 2 heterocycles. The monoisotopic (exact) mass is 290 g/mol. The molecule has 0 bridgehead atoms. The van der Waals surface area contributed by atoms with Crippen molar-refractivity contribution in [3.05, 3.63) is 71.1 Å². The van der Waals surface area contributed by atoms with E-state index in [0.717, 1.165) is 10.9 Å². The van der Waals surface area contributed by atoms with Gasteiger partial charge in [0, 0.05) is 10.9 Å². The Morgan fingerprint density at radius 3 is 2.36 bits per heavy atom. The smallest absolute Gasteiger partial charge is 0.349 e. The molecule has 0 aliphatic carbocycles. The second-order valence-electron chi connectivity index (χ2n) is 4.76. The first-order chi connectivity index (χ1) is 10.8. The minimum Gasteiger partial charge on any atom is -0.422 e. The molecule has 4 rings (SSSR count). The van der Waals surface area contributed by atoms with Gasteiger partial charge in [0.2, 0.25) is 5.89 Å². The Balaban J connectivity index is 1.84. The van der Waals surface area contributed by atoms with Crippen molar-refractivity contribution in [2.75, 3.05) is 0 Å². The predicted molar refractivity (Wildman–Crippen MR) is 81.2 cm³/mol.